The second-order valence-electron chi connectivity index (χ2n) is 5.92. The van der Waals surface area contributed by atoms with Crippen LogP contribution in [-0.2, 0) is 9.47 Å². The lowest BCUT2D eigenvalue weighted by atomic mass is 9.77. The third kappa shape index (κ3) is 2.88. The van der Waals surface area contributed by atoms with E-state index in [1.165, 1.54) is 0 Å². The van der Waals surface area contributed by atoms with Crippen LogP contribution in [0.5, 0.6) is 0 Å². The van der Waals surface area contributed by atoms with Crippen LogP contribution in [0.25, 0.3) is 0 Å². The van der Waals surface area contributed by atoms with Crippen molar-refractivity contribution in [3.8, 4) is 0 Å². The largest absolute Gasteiger partial charge is 0.394 e. The lowest BCUT2D eigenvalue weighted by Crippen LogP contribution is -2.76. The fourth-order valence-corrected chi connectivity index (χ4v) is 2.84. The zero-order chi connectivity index (χ0) is 17.6. The van der Waals surface area contributed by atoms with Crippen LogP contribution in [0.1, 0.15) is 0 Å². The molecule has 0 radical (unpaired) electrons. The van der Waals surface area contributed by atoms with Crippen LogP contribution < -0.4 is 0 Å². The number of aliphatic hydroxyl groups excluding tert-OH is 7. The van der Waals surface area contributed by atoms with Gasteiger partial charge in [-0.3, -0.25) is 0 Å². The molecular formula is C12H22O11. The number of hydrogen-bond donors (Lipinski definition) is 9. The zero-order valence-corrected chi connectivity index (χ0v) is 12.0. The first kappa shape index (κ1) is 18.9. The highest BCUT2D eigenvalue weighted by molar-refractivity contribution is 5.09. The van der Waals surface area contributed by atoms with Crippen LogP contribution in [0, 0.1) is 0 Å². The van der Waals surface area contributed by atoms with Crippen molar-refractivity contribution in [2.75, 3.05) is 19.8 Å². The van der Waals surface area contributed by atoms with E-state index in [1.54, 1.807) is 0 Å². The molecule has 2 saturated heterocycles. The molecule has 11 heteroatoms. The van der Waals surface area contributed by atoms with Gasteiger partial charge in [0.15, 0.2) is 0 Å². The molecule has 0 aliphatic carbocycles. The van der Waals surface area contributed by atoms with E-state index in [2.05, 4.69) is 0 Å². The SMILES string of the molecule is OC[C@H]1O[C@H]([C@@]2(O)COC(O)(CO)[C@@H](O)[C@@H]2O)[C@H](O)[C@@H](O)[C@@H]1O. The summed E-state index contributed by atoms with van der Waals surface area (Å²) >= 11 is 0. The molecule has 0 aromatic heterocycles. The van der Waals surface area contributed by atoms with Crippen molar-refractivity contribution in [2.45, 2.75) is 54.1 Å². The molecular weight excluding hydrogens is 320 g/mol. The maximum absolute atomic E-state index is 10.6. The van der Waals surface area contributed by atoms with Crippen LogP contribution >= 0.6 is 0 Å². The van der Waals surface area contributed by atoms with Crippen molar-refractivity contribution in [1.82, 2.24) is 0 Å². The van der Waals surface area contributed by atoms with E-state index in [-0.39, 0.29) is 0 Å². The van der Waals surface area contributed by atoms with Crippen LogP contribution in [0.3, 0.4) is 0 Å². The summed E-state index contributed by atoms with van der Waals surface area (Å²) < 4.78 is 9.93. The topological polar surface area (TPSA) is 201 Å². The standard InChI is InChI=1S/C12H22O11/c13-1-4-5(15)6(16)7(17)10(23-4)11(20)3-22-12(21,2-14)9(19)8(11)18/h4-10,13-21H,1-3H2/t4-,5-,6+,7-,8+,9+,10+,11-,12?/m1/s1. The summed E-state index contributed by atoms with van der Waals surface area (Å²) in [5.41, 5.74) is -2.49. The monoisotopic (exact) mass is 342 g/mol. The van der Waals surface area contributed by atoms with Crippen LogP contribution in [-0.4, -0.2) is 120 Å². The molecule has 1 unspecified atom stereocenters. The van der Waals surface area contributed by atoms with Gasteiger partial charge in [0.25, 0.3) is 0 Å². The van der Waals surface area contributed by atoms with Gasteiger partial charge in [-0.2, -0.15) is 0 Å². The molecule has 2 heterocycles. The molecule has 2 aliphatic heterocycles. The van der Waals surface area contributed by atoms with Crippen LogP contribution in [0.4, 0.5) is 0 Å². The first-order valence-corrected chi connectivity index (χ1v) is 6.98. The smallest absolute Gasteiger partial charge is 0.218 e. The third-order valence-electron chi connectivity index (χ3n) is 4.44. The summed E-state index contributed by atoms with van der Waals surface area (Å²) in [5.74, 6) is -2.53. The van der Waals surface area contributed by atoms with E-state index in [0.717, 1.165) is 0 Å². The Hall–Kier alpha value is -0.440. The van der Waals surface area contributed by atoms with Crippen LogP contribution in [0.2, 0.25) is 0 Å². The van der Waals surface area contributed by atoms with Gasteiger partial charge in [0.1, 0.15) is 48.3 Å². The van der Waals surface area contributed by atoms with Gasteiger partial charge in [0.05, 0.1) is 19.8 Å². The van der Waals surface area contributed by atoms with Gasteiger partial charge in [-0.1, -0.05) is 0 Å². The second-order valence-corrected chi connectivity index (χ2v) is 5.92. The summed E-state index contributed by atoms with van der Waals surface area (Å²) in [7, 11) is 0. The summed E-state index contributed by atoms with van der Waals surface area (Å²) in [6.45, 7) is -2.70. The molecule has 136 valence electrons. The summed E-state index contributed by atoms with van der Waals surface area (Å²) in [4.78, 5) is 0. The minimum Gasteiger partial charge on any atom is -0.394 e. The predicted octanol–water partition coefficient (Wildman–Crippen LogP) is -6.01. The average Bonchev–Trinajstić information content (AvgIpc) is 2.55. The Bertz CT molecular complexity index is 420. The van der Waals surface area contributed by atoms with Gasteiger partial charge in [-0.25, -0.2) is 0 Å². The van der Waals surface area contributed by atoms with Gasteiger partial charge >= 0.3 is 0 Å². The summed E-state index contributed by atoms with van der Waals surface area (Å²) in [6.07, 6.45) is -12.7. The molecule has 0 bridgehead atoms. The highest BCUT2D eigenvalue weighted by Crippen LogP contribution is 2.37. The Morgan fingerprint density at radius 2 is 1.48 bits per heavy atom. The molecule has 9 N–H and O–H groups in total. The van der Waals surface area contributed by atoms with Crippen LogP contribution in [0.15, 0.2) is 0 Å². The molecule has 2 rings (SSSR count). The zero-order valence-electron chi connectivity index (χ0n) is 12.0. The van der Waals surface area contributed by atoms with Crippen molar-refractivity contribution < 1.29 is 55.4 Å². The Kier molecular flexibility index (Phi) is 5.31. The minimum absolute atomic E-state index is 0.752. The Balaban J connectivity index is 2.28. The molecule has 0 aromatic carbocycles. The van der Waals surface area contributed by atoms with Crippen molar-refractivity contribution in [3.05, 3.63) is 0 Å². The fraction of sp³-hybridized carbons (Fsp3) is 1.00. The van der Waals surface area contributed by atoms with Gasteiger partial charge in [-0.15, -0.1) is 0 Å². The Labute approximate surface area is 130 Å². The van der Waals surface area contributed by atoms with Crippen molar-refractivity contribution in [1.29, 1.82) is 0 Å². The van der Waals surface area contributed by atoms with E-state index in [1.807, 2.05) is 0 Å². The highest BCUT2D eigenvalue weighted by Gasteiger charge is 2.62. The van der Waals surface area contributed by atoms with Gasteiger partial charge in [-0.05, 0) is 0 Å². The molecule has 23 heavy (non-hydrogen) atoms. The fourth-order valence-electron chi connectivity index (χ4n) is 2.84. The number of hydrogen-bond acceptors (Lipinski definition) is 11. The van der Waals surface area contributed by atoms with Gasteiger partial charge in [0, 0.05) is 0 Å². The molecule has 0 saturated carbocycles. The molecule has 0 aromatic rings. The predicted molar refractivity (Wildman–Crippen MR) is 68.7 cm³/mol. The second kappa shape index (κ2) is 6.46. The van der Waals surface area contributed by atoms with E-state index < -0.39 is 73.9 Å². The number of aliphatic hydroxyl groups is 9. The first-order valence-electron chi connectivity index (χ1n) is 6.98. The quantitative estimate of drug-likeness (QED) is 0.236. The number of rotatable bonds is 3. The normalized spacial score (nSPS) is 54.9. The Morgan fingerprint density at radius 3 is 2.00 bits per heavy atom. The summed E-state index contributed by atoms with van der Waals surface area (Å²) in [5, 5.41) is 87.9. The van der Waals surface area contributed by atoms with Crippen molar-refractivity contribution in [2.24, 2.45) is 0 Å². The van der Waals surface area contributed by atoms with Gasteiger partial charge < -0.3 is 55.4 Å². The first-order chi connectivity index (χ1) is 10.6. The molecule has 11 nitrogen and oxygen atoms in total. The molecule has 9 atom stereocenters. The van der Waals surface area contributed by atoms with Crippen molar-refractivity contribution in [3.63, 3.8) is 0 Å². The third-order valence-corrected chi connectivity index (χ3v) is 4.44. The molecule has 2 aliphatic rings. The molecule has 0 amide bonds. The molecule has 2 fully saturated rings. The van der Waals surface area contributed by atoms with E-state index in [9.17, 15) is 35.7 Å². The van der Waals surface area contributed by atoms with E-state index in [4.69, 9.17) is 19.7 Å². The average molecular weight is 342 g/mol. The lowest BCUT2D eigenvalue weighted by molar-refractivity contribution is -0.380. The maximum Gasteiger partial charge on any atom is 0.218 e. The summed E-state index contributed by atoms with van der Waals surface area (Å²) in [6, 6.07) is 0. The Morgan fingerprint density at radius 1 is 0.870 bits per heavy atom. The van der Waals surface area contributed by atoms with Gasteiger partial charge in [0.2, 0.25) is 5.79 Å². The highest BCUT2D eigenvalue weighted by atomic mass is 16.7. The van der Waals surface area contributed by atoms with E-state index >= 15 is 0 Å². The molecule has 0 spiro atoms. The van der Waals surface area contributed by atoms with E-state index in [0.29, 0.717) is 0 Å². The number of ether oxygens (including phenoxy) is 2. The minimum atomic E-state index is -2.53. The van der Waals surface area contributed by atoms with Crippen molar-refractivity contribution >= 4 is 0 Å². The lowest BCUT2D eigenvalue weighted by Gasteiger charge is -2.53. The maximum atomic E-state index is 10.6.